The summed E-state index contributed by atoms with van der Waals surface area (Å²) in [5.41, 5.74) is 2.06. The molecule has 3 heterocycles. The first-order chi connectivity index (χ1) is 15.2. The van der Waals surface area contributed by atoms with Crippen molar-refractivity contribution < 1.29 is 19.1 Å². The number of rotatable bonds is 8. The third kappa shape index (κ3) is 4.78. The van der Waals surface area contributed by atoms with Gasteiger partial charge in [0.15, 0.2) is 6.10 Å². The highest BCUT2D eigenvalue weighted by Gasteiger charge is 2.52. The molecule has 1 aromatic heterocycles. The fourth-order valence-corrected chi connectivity index (χ4v) is 4.48. The van der Waals surface area contributed by atoms with E-state index in [9.17, 15) is 9.59 Å². The van der Waals surface area contributed by atoms with Gasteiger partial charge in [-0.2, -0.15) is 0 Å². The van der Waals surface area contributed by atoms with Crippen molar-refractivity contribution in [1.82, 2.24) is 14.8 Å². The largest absolute Gasteiger partial charge is 0.382 e. The van der Waals surface area contributed by atoms with E-state index in [-0.39, 0.29) is 23.9 Å². The minimum atomic E-state index is -0.490. The molecule has 7 nitrogen and oxygen atoms in total. The van der Waals surface area contributed by atoms with Crippen molar-refractivity contribution in [3.8, 4) is 0 Å². The zero-order valence-corrected chi connectivity index (χ0v) is 17.9. The van der Waals surface area contributed by atoms with E-state index in [1.165, 1.54) is 0 Å². The van der Waals surface area contributed by atoms with E-state index < -0.39 is 6.10 Å². The molecule has 0 bridgehead atoms. The molecular formula is C24H29N3O4. The van der Waals surface area contributed by atoms with E-state index in [1.54, 1.807) is 19.5 Å². The van der Waals surface area contributed by atoms with Crippen LogP contribution in [0.15, 0.2) is 54.9 Å². The highest BCUT2D eigenvalue weighted by atomic mass is 16.5. The van der Waals surface area contributed by atoms with Crippen LogP contribution >= 0.6 is 0 Å². The maximum Gasteiger partial charge on any atom is 0.255 e. The molecule has 0 aliphatic carbocycles. The number of carbonyl (C=O) groups is 2. The number of aromatic nitrogens is 1. The maximum atomic E-state index is 13.0. The minimum absolute atomic E-state index is 0.0203. The Labute approximate surface area is 183 Å². The molecule has 0 N–H and O–H groups in total. The smallest absolute Gasteiger partial charge is 0.255 e. The molecule has 2 amide bonds. The zero-order valence-electron chi connectivity index (χ0n) is 17.9. The van der Waals surface area contributed by atoms with Crippen molar-refractivity contribution in [1.29, 1.82) is 0 Å². The predicted octanol–water partition coefficient (Wildman–Crippen LogP) is 2.23. The van der Waals surface area contributed by atoms with Crippen LogP contribution in [0.2, 0.25) is 0 Å². The number of piperidine rings is 1. The Hall–Kier alpha value is -2.77. The fourth-order valence-electron chi connectivity index (χ4n) is 4.48. The van der Waals surface area contributed by atoms with Gasteiger partial charge in [0.25, 0.3) is 5.91 Å². The summed E-state index contributed by atoms with van der Waals surface area (Å²) in [6, 6.07) is 13.7. The number of hydrogen-bond donors (Lipinski definition) is 0. The van der Waals surface area contributed by atoms with Gasteiger partial charge in [0.2, 0.25) is 5.91 Å². The average molecular weight is 424 g/mol. The van der Waals surface area contributed by atoms with E-state index in [0.29, 0.717) is 32.7 Å². The number of pyridine rings is 1. The second-order valence-electron chi connectivity index (χ2n) is 8.03. The monoisotopic (exact) mass is 423 g/mol. The van der Waals surface area contributed by atoms with Crippen molar-refractivity contribution in [3.05, 3.63) is 66.0 Å². The van der Waals surface area contributed by atoms with Gasteiger partial charge in [0, 0.05) is 38.6 Å². The number of hydrogen-bond acceptors (Lipinski definition) is 5. The van der Waals surface area contributed by atoms with Gasteiger partial charge in [0.1, 0.15) is 0 Å². The summed E-state index contributed by atoms with van der Waals surface area (Å²) in [6.45, 7) is 2.17. The predicted molar refractivity (Wildman–Crippen MR) is 115 cm³/mol. The molecule has 2 saturated heterocycles. The molecule has 0 saturated carbocycles. The molecule has 1 aromatic carbocycles. The zero-order chi connectivity index (χ0) is 21.6. The lowest BCUT2D eigenvalue weighted by Crippen LogP contribution is -2.65. The maximum absolute atomic E-state index is 13.0. The Morgan fingerprint density at radius 3 is 2.45 bits per heavy atom. The molecule has 7 heteroatoms. The standard InChI is InChI=1S/C24H29N3O4/c1-30-15-16-31-23-22(19-7-11-25-12-8-19)27(24(23)29)20-9-13-26(14-10-20)21(28)17-18-5-3-2-4-6-18/h2-8,11-12,20,22-23H,9-10,13-17H2,1H3/t22-,23+/m0/s1. The number of benzene rings is 1. The number of amides is 2. The first-order valence-corrected chi connectivity index (χ1v) is 10.8. The summed E-state index contributed by atoms with van der Waals surface area (Å²) in [6.07, 6.45) is 4.97. The lowest BCUT2D eigenvalue weighted by molar-refractivity contribution is -0.184. The van der Waals surface area contributed by atoms with Gasteiger partial charge in [-0.25, -0.2) is 0 Å². The van der Waals surface area contributed by atoms with Gasteiger partial charge in [-0.1, -0.05) is 30.3 Å². The van der Waals surface area contributed by atoms with Gasteiger partial charge >= 0.3 is 0 Å². The molecule has 4 rings (SSSR count). The van der Waals surface area contributed by atoms with Crippen LogP contribution < -0.4 is 0 Å². The third-order valence-electron chi connectivity index (χ3n) is 6.13. The van der Waals surface area contributed by atoms with Gasteiger partial charge in [0.05, 0.1) is 25.7 Å². The van der Waals surface area contributed by atoms with Crippen LogP contribution in [0, 0.1) is 0 Å². The molecular weight excluding hydrogens is 394 g/mol. The van der Waals surface area contributed by atoms with Crippen molar-refractivity contribution >= 4 is 11.8 Å². The van der Waals surface area contributed by atoms with Crippen LogP contribution in [0.4, 0.5) is 0 Å². The van der Waals surface area contributed by atoms with Crippen LogP contribution in [-0.2, 0) is 25.5 Å². The summed E-state index contributed by atoms with van der Waals surface area (Å²) < 4.78 is 10.9. The van der Waals surface area contributed by atoms with Crippen molar-refractivity contribution in [3.63, 3.8) is 0 Å². The topological polar surface area (TPSA) is 72.0 Å². The minimum Gasteiger partial charge on any atom is -0.382 e. The Bertz CT molecular complexity index is 869. The summed E-state index contributed by atoms with van der Waals surface area (Å²) >= 11 is 0. The van der Waals surface area contributed by atoms with Gasteiger partial charge in [-0.3, -0.25) is 14.6 Å². The van der Waals surface area contributed by atoms with Gasteiger partial charge in [-0.05, 0) is 36.1 Å². The second-order valence-corrected chi connectivity index (χ2v) is 8.03. The number of methoxy groups -OCH3 is 1. The number of carbonyl (C=O) groups excluding carboxylic acids is 2. The SMILES string of the molecule is COCCO[C@H]1C(=O)N(C2CCN(C(=O)Cc3ccccc3)CC2)[C@H]1c1ccncc1. The number of β-lactam (4-membered cyclic amide) rings is 1. The molecule has 2 atom stereocenters. The van der Waals surface area contributed by atoms with Crippen LogP contribution in [0.5, 0.6) is 0 Å². The van der Waals surface area contributed by atoms with Crippen molar-refractivity contribution in [2.24, 2.45) is 0 Å². The van der Waals surface area contributed by atoms with Crippen LogP contribution in [0.3, 0.4) is 0 Å². The molecule has 2 aliphatic heterocycles. The molecule has 0 radical (unpaired) electrons. The quantitative estimate of drug-likeness (QED) is 0.481. The molecule has 31 heavy (non-hydrogen) atoms. The number of likely N-dealkylation sites (tertiary alicyclic amines) is 2. The Morgan fingerprint density at radius 2 is 1.77 bits per heavy atom. The lowest BCUT2D eigenvalue weighted by Gasteiger charge is -2.52. The van der Waals surface area contributed by atoms with Gasteiger partial charge < -0.3 is 19.3 Å². The Balaban J connectivity index is 1.38. The highest BCUT2D eigenvalue weighted by Crippen LogP contribution is 2.40. The Morgan fingerprint density at radius 1 is 1.06 bits per heavy atom. The first kappa shape index (κ1) is 21.5. The highest BCUT2D eigenvalue weighted by molar-refractivity contribution is 5.89. The van der Waals surface area contributed by atoms with Crippen molar-refractivity contribution in [2.75, 3.05) is 33.4 Å². The number of ether oxygens (including phenoxy) is 2. The van der Waals surface area contributed by atoms with E-state index in [4.69, 9.17) is 9.47 Å². The molecule has 164 valence electrons. The van der Waals surface area contributed by atoms with Crippen LogP contribution in [-0.4, -0.2) is 72.2 Å². The lowest BCUT2D eigenvalue weighted by atomic mass is 9.86. The first-order valence-electron chi connectivity index (χ1n) is 10.8. The van der Waals surface area contributed by atoms with Crippen molar-refractivity contribution in [2.45, 2.75) is 37.5 Å². The normalized spacial score (nSPS) is 21.8. The van der Waals surface area contributed by atoms with E-state index in [2.05, 4.69) is 4.98 Å². The molecule has 2 aliphatic rings. The Kier molecular flexibility index (Phi) is 6.94. The number of nitrogens with zero attached hydrogens (tertiary/aromatic N) is 3. The van der Waals surface area contributed by atoms with E-state index >= 15 is 0 Å². The summed E-state index contributed by atoms with van der Waals surface area (Å²) in [5.74, 6) is 0.165. The molecule has 0 unspecified atom stereocenters. The fraction of sp³-hybridized carbons (Fsp3) is 0.458. The van der Waals surface area contributed by atoms with Gasteiger partial charge in [-0.15, -0.1) is 0 Å². The summed E-state index contributed by atoms with van der Waals surface area (Å²) in [5, 5.41) is 0. The third-order valence-corrected chi connectivity index (χ3v) is 6.13. The average Bonchev–Trinajstić information content (AvgIpc) is 2.81. The molecule has 2 aromatic rings. The van der Waals surface area contributed by atoms with E-state index in [1.807, 2.05) is 52.3 Å². The second kappa shape index (κ2) is 10.0. The van der Waals surface area contributed by atoms with Crippen LogP contribution in [0.1, 0.15) is 30.0 Å². The van der Waals surface area contributed by atoms with Crippen LogP contribution in [0.25, 0.3) is 0 Å². The van der Waals surface area contributed by atoms with E-state index in [0.717, 1.165) is 24.0 Å². The molecule has 0 spiro atoms. The molecule has 2 fully saturated rings. The summed E-state index contributed by atoms with van der Waals surface area (Å²) in [4.78, 5) is 33.6. The summed E-state index contributed by atoms with van der Waals surface area (Å²) in [7, 11) is 1.62.